The Morgan fingerprint density at radius 3 is 2.78 bits per heavy atom. The zero-order valence-electron chi connectivity index (χ0n) is 11.0. The van der Waals surface area contributed by atoms with E-state index in [1.54, 1.807) is 11.3 Å². The van der Waals surface area contributed by atoms with Gasteiger partial charge in [-0.25, -0.2) is 4.98 Å². The second kappa shape index (κ2) is 5.87. The molecule has 0 atom stereocenters. The minimum atomic E-state index is 0.640. The smallest absolute Gasteiger partial charge is 0.183 e. The molecule has 1 aromatic heterocycles. The van der Waals surface area contributed by atoms with Crippen molar-refractivity contribution in [2.24, 2.45) is 0 Å². The van der Waals surface area contributed by atoms with Crippen LogP contribution in [-0.2, 0) is 0 Å². The van der Waals surface area contributed by atoms with Gasteiger partial charge >= 0.3 is 0 Å². The number of benzene rings is 1. The predicted octanol–water partition coefficient (Wildman–Crippen LogP) is 3.56. The number of anilines is 1. The van der Waals surface area contributed by atoms with Crippen LogP contribution < -0.4 is 10.1 Å². The molecule has 0 unspecified atom stereocenters. The lowest BCUT2D eigenvalue weighted by molar-refractivity contribution is 0.332. The molecule has 0 saturated heterocycles. The lowest BCUT2D eigenvalue weighted by atomic mass is 10.2. The average molecular weight is 262 g/mol. The van der Waals surface area contributed by atoms with Crippen LogP contribution in [0.3, 0.4) is 0 Å². The van der Waals surface area contributed by atoms with Crippen molar-refractivity contribution in [1.82, 2.24) is 4.98 Å². The molecule has 3 nitrogen and oxygen atoms in total. The normalized spacial score (nSPS) is 10.4. The van der Waals surface area contributed by atoms with Crippen molar-refractivity contribution in [3.63, 3.8) is 0 Å². The molecule has 0 aliphatic rings. The summed E-state index contributed by atoms with van der Waals surface area (Å²) in [5.74, 6) is 0.920. The Kier molecular flexibility index (Phi) is 4.20. The highest BCUT2D eigenvalue weighted by Gasteiger charge is 2.02. The van der Waals surface area contributed by atoms with Gasteiger partial charge < -0.3 is 10.1 Å². The fourth-order valence-electron chi connectivity index (χ4n) is 1.58. The summed E-state index contributed by atoms with van der Waals surface area (Å²) >= 11 is 1.69. The highest BCUT2D eigenvalue weighted by atomic mass is 32.1. The summed E-state index contributed by atoms with van der Waals surface area (Å²) in [7, 11) is 0. The Hall–Kier alpha value is -1.55. The maximum absolute atomic E-state index is 5.66. The molecule has 0 bridgehead atoms. The number of aromatic nitrogens is 1. The van der Waals surface area contributed by atoms with Crippen LogP contribution in [0.5, 0.6) is 5.75 Å². The van der Waals surface area contributed by atoms with Crippen molar-refractivity contribution < 1.29 is 4.74 Å². The lowest BCUT2D eigenvalue weighted by Crippen LogP contribution is -2.11. The summed E-state index contributed by atoms with van der Waals surface area (Å²) in [4.78, 5) is 5.68. The van der Waals surface area contributed by atoms with Crippen molar-refractivity contribution in [3.8, 4) is 5.75 Å². The maximum Gasteiger partial charge on any atom is 0.183 e. The van der Waals surface area contributed by atoms with E-state index in [2.05, 4.69) is 30.2 Å². The Bertz CT molecular complexity index is 503. The van der Waals surface area contributed by atoms with Crippen LogP contribution in [0.25, 0.3) is 0 Å². The molecule has 0 aliphatic heterocycles. The average Bonchev–Trinajstić information content (AvgIpc) is 2.65. The van der Waals surface area contributed by atoms with Gasteiger partial charge in [0.1, 0.15) is 12.4 Å². The third kappa shape index (κ3) is 3.47. The number of hydrogen-bond donors (Lipinski definition) is 1. The van der Waals surface area contributed by atoms with Crippen molar-refractivity contribution >= 4 is 16.5 Å². The van der Waals surface area contributed by atoms with Crippen LogP contribution >= 0.6 is 11.3 Å². The summed E-state index contributed by atoms with van der Waals surface area (Å²) in [6.45, 7) is 7.58. The van der Waals surface area contributed by atoms with Gasteiger partial charge in [0.25, 0.3) is 0 Å². The van der Waals surface area contributed by atoms with Gasteiger partial charge in [-0.05, 0) is 38.5 Å². The zero-order valence-corrected chi connectivity index (χ0v) is 11.8. The molecule has 1 N–H and O–H groups in total. The third-order valence-electron chi connectivity index (χ3n) is 2.67. The first-order valence-electron chi connectivity index (χ1n) is 6.02. The summed E-state index contributed by atoms with van der Waals surface area (Å²) < 4.78 is 5.66. The highest BCUT2D eigenvalue weighted by Crippen LogP contribution is 2.20. The number of ether oxygens (including phenoxy) is 1. The Labute approximate surface area is 112 Å². The molecule has 0 fully saturated rings. The summed E-state index contributed by atoms with van der Waals surface area (Å²) in [5.41, 5.74) is 2.31. The van der Waals surface area contributed by atoms with E-state index in [-0.39, 0.29) is 0 Å². The van der Waals surface area contributed by atoms with Crippen LogP contribution in [0.2, 0.25) is 0 Å². The first kappa shape index (κ1) is 12.9. The molecule has 1 aromatic carbocycles. The number of hydrogen-bond acceptors (Lipinski definition) is 4. The SMILES string of the molecule is Cc1cccc(OCCNc2nc(C)c(C)s2)c1. The van der Waals surface area contributed by atoms with Gasteiger partial charge in [0.05, 0.1) is 12.2 Å². The van der Waals surface area contributed by atoms with Crippen molar-refractivity contribution in [1.29, 1.82) is 0 Å². The topological polar surface area (TPSA) is 34.1 Å². The molecular formula is C14H18N2OS. The van der Waals surface area contributed by atoms with Crippen LogP contribution in [0, 0.1) is 20.8 Å². The third-order valence-corrected chi connectivity index (χ3v) is 3.70. The molecule has 2 rings (SSSR count). The largest absolute Gasteiger partial charge is 0.492 e. The standard InChI is InChI=1S/C14H18N2OS/c1-10-5-4-6-13(9-10)17-8-7-15-14-16-11(2)12(3)18-14/h4-6,9H,7-8H2,1-3H3,(H,15,16). The molecule has 0 radical (unpaired) electrons. The van der Waals surface area contributed by atoms with Crippen LogP contribution in [0.4, 0.5) is 5.13 Å². The fourth-order valence-corrected chi connectivity index (χ4v) is 2.42. The van der Waals surface area contributed by atoms with E-state index >= 15 is 0 Å². The van der Waals surface area contributed by atoms with Crippen LogP contribution in [-0.4, -0.2) is 18.1 Å². The summed E-state index contributed by atoms with van der Waals surface area (Å²) in [5, 5.41) is 4.24. The van der Waals surface area contributed by atoms with Gasteiger partial charge in [0.2, 0.25) is 0 Å². The van der Waals surface area contributed by atoms with Crippen LogP contribution in [0.15, 0.2) is 24.3 Å². The first-order valence-corrected chi connectivity index (χ1v) is 6.84. The second-order valence-electron chi connectivity index (χ2n) is 4.25. The summed E-state index contributed by atoms with van der Waals surface area (Å²) in [6, 6.07) is 8.08. The molecule has 4 heteroatoms. The van der Waals surface area contributed by atoms with Gasteiger partial charge in [-0.3, -0.25) is 0 Å². The predicted molar refractivity (Wildman–Crippen MR) is 76.8 cm³/mol. The minimum Gasteiger partial charge on any atom is -0.492 e. The molecular weight excluding hydrogens is 244 g/mol. The second-order valence-corrected chi connectivity index (χ2v) is 5.46. The number of rotatable bonds is 5. The van der Waals surface area contributed by atoms with Gasteiger partial charge in [0, 0.05) is 4.88 Å². The molecule has 2 aromatic rings. The molecule has 0 spiro atoms. The highest BCUT2D eigenvalue weighted by molar-refractivity contribution is 7.15. The number of thiazole rings is 1. The first-order chi connectivity index (χ1) is 8.65. The van der Waals surface area contributed by atoms with E-state index in [9.17, 15) is 0 Å². The van der Waals surface area contributed by atoms with E-state index in [0.29, 0.717) is 6.61 Å². The molecule has 0 saturated carbocycles. The summed E-state index contributed by atoms with van der Waals surface area (Å²) in [6.07, 6.45) is 0. The molecule has 0 amide bonds. The number of aryl methyl sites for hydroxylation is 3. The zero-order chi connectivity index (χ0) is 13.0. The number of nitrogens with zero attached hydrogens (tertiary/aromatic N) is 1. The molecule has 18 heavy (non-hydrogen) atoms. The quantitative estimate of drug-likeness (QED) is 0.837. The minimum absolute atomic E-state index is 0.640. The van der Waals surface area contributed by atoms with E-state index < -0.39 is 0 Å². The van der Waals surface area contributed by atoms with Gasteiger partial charge in [-0.1, -0.05) is 12.1 Å². The van der Waals surface area contributed by atoms with Crippen LogP contribution in [0.1, 0.15) is 16.1 Å². The molecule has 96 valence electrons. The van der Waals surface area contributed by atoms with Crippen molar-refractivity contribution in [2.45, 2.75) is 20.8 Å². The van der Waals surface area contributed by atoms with Gasteiger partial charge in [-0.2, -0.15) is 0 Å². The lowest BCUT2D eigenvalue weighted by Gasteiger charge is -2.07. The number of nitrogens with one attached hydrogen (secondary N) is 1. The Morgan fingerprint density at radius 1 is 1.28 bits per heavy atom. The Balaban J connectivity index is 1.76. The molecule has 1 heterocycles. The van der Waals surface area contributed by atoms with E-state index in [1.807, 2.05) is 25.1 Å². The van der Waals surface area contributed by atoms with Crippen molar-refractivity contribution in [3.05, 3.63) is 40.4 Å². The van der Waals surface area contributed by atoms with Gasteiger partial charge in [0.15, 0.2) is 5.13 Å². The van der Waals surface area contributed by atoms with E-state index in [1.165, 1.54) is 10.4 Å². The maximum atomic E-state index is 5.66. The monoisotopic (exact) mass is 262 g/mol. The fraction of sp³-hybridized carbons (Fsp3) is 0.357. The van der Waals surface area contributed by atoms with E-state index in [4.69, 9.17) is 4.74 Å². The van der Waals surface area contributed by atoms with Gasteiger partial charge in [-0.15, -0.1) is 11.3 Å². The molecule has 0 aliphatic carbocycles. The van der Waals surface area contributed by atoms with E-state index in [0.717, 1.165) is 23.1 Å². The Morgan fingerprint density at radius 2 is 2.11 bits per heavy atom. The van der Waals surface area contributed by atoms with Crippen molar-refractivity contribution in [2.75, 3.05) is 18.5 Å².